The van der Waals surface area contributed by atoms with Crippen molar-refractivity contribution in [2.45, 2.75) is 98.3 Å². The first-order valence-electron chi connectivity index (χ1n) is 24.8. The Morgan fingerprint density at radius 3 is 1.63 bits per heavy atom. The number of nitrogens with one attached hydrogen (secondary N) is 2. The van der Waals surface area contributed by atoms with Crippen molar-refractivity contribution in [3.63, 3.8) is 0 Å². The molecule has 0 amide bonds. The van der Waals surface area contributed by atoms with E-state index in [1.165, 1.54) is 0 Å². The molecule has 73 heavy (non-hydrogen) atoms. The number of rotatable bonds is 19. The first-order chi connectivity index (χ1) is 35.4. The van der Waals surface area contributed by atoms with E-state index in [1.807, 2.05) is 96.3 Å². The number of aliphatic hydroxyl groups excluding tert-OH is 1. The van der Waals surface area contributed by atoms with Gasteiger partial charge >= 0.3 is 0 Å². The average molecular weight is 1020 g/mol. The maximum absolute atomic E-state index is 13.2. The van der Waals surface area contributed by atoms with Crippen molar-refractivity contribution >= 4 is 63.5 Å². The molecule has 1 atom stereocenters. The van der Waals surface area contributed by atoms with Crippen molar-refractivity contribution in [3.8, 4) is 33.8 Å². The van der Waals surface area contributed by atoms with E-state index in [9.17, 15) is 21.9 Å². The molecule has 4 aromatic carbocycles. The Morgan fingerprint density at radius 2 is 1.12 bits per heavy atom. The number of sulfone groups is 2. The summed E-state index contributed by atoms with van der Waals surface area (Å²) in [4.78, 5) is 26.1. The van der Waals surface area contributed by atoms with Crippen molar-refractivity contribution in [2.24, 2.45) is 0 Å². The molecule has 17 heteroatoms. The lowest BCUT2D eigenvalue weighted by Gasteiger charge is -2.12. The summed E-state index contributed by atoms with van der Waals surface area (Å²) < 4.78 is 69.4. The van der Waals surface area contributed by atoms with Crippen LogP contribution in [-0.2, 0) is 39.2 Å². The highest BCUT2D eigenvalue weighted by molar-refractivity contribution is 7.92. The molecule has 1 unspecified atom stereocenters. The summed E-state index contributed by atoms with van der Waals surface area (Å²) in [7, 11) is -6.72. The van der Waals surface area contributed by atoms with Crippen LogP contribution in [0.2, 0.25) is 0 Å². The van der Waals surface area contributed by atoms with Gasteiger partial charge in [-0.2, -0.15) is 0 Å². The zero-order chi connectivity index (χ0) is 50.0. The monoisotopic (exact) mass is 1010 g/mol. The van der Waals surface area contributed by atoms with Crippen molar-refractivity contribution in [3.05, 3.63) is 145 Å². The Kier molecular flexibility index (Phi) is 11.9. The van der Waals surface area contributed by atoms with Gasteiger partial charge in [-0.05, 0) is 146 Å². The third kappa shape index (κ3) is 9.14. The summed E-state index contributed by atoms with van der Waals surface area (Å²) >= 11 is 0. The van der Waals surface area contributed by atoms with Crippen LogP contribution < -0.4 is 9.47 Å². The van der Waals surface area contributed by atoms with Crippen LogP contribution in [-0.4, -0.2) is 84.7 Å². The standard InChI is InChI=1S/C56H54N8O7S2/c1-34-23-45-51-43(36-7-3-9-41(25-36)72(66,67)39-11-12-39)15-17-49(53(51)61-55(45)57-28-34)70-21-5-19-63-30-38(59-32-63)27-48(65)47-31-64(33-60-47)20-6-22-71-50-18-16-44(52-46-24-35(2)29-58-56(46)62-54(50)52)37-8-4-10-42(26-37)73(68,69)40-13-14-40/h3-4,7-10,15-18,23-26,28-33,39-40,48,65H,5-6,11-14,19-22,27H2,1-2H3,(H,57,61)(H,58,62). The summed E-state index contributed by atoms with van der Waals surface area (Å²) in [5.74, 6) is 1.37. The van der Waals surface area contributed by atoms with Gasteiger partial charge in [-0.25, -0.2) is 36.8 Å². The normalized spacial score (nSPS) is 14.7. The van der Waals surface area contributed by atoms with Crippen molar-refractivity contribution in [1.29, 1.82) is 0 Å². The van der Waals surface area contributed by atoms with Gasteiger partial charge < -0.3 is 33.7 Å². The smallest absolute Gasteiger partial charge is 0.181 e. The number of aryl methyl sites for hydroxylation is 4. The predicted molar refractivity (Wildman–Crippen MR) is 281 cm³/mol. The summed E-state index contributed by atoms with van der Waals surface area (Å²) in [6.07, 6.45) is 14.6. The largest absolute Gasteiger partial charge is 0.491 e. The number of nitrogens with zero attached hydrogens (tertiary/aromatic N) is 6. The second kappa shape index (κ2) is 18.6. The molecule has 15 nitrogen and oxygen atoms in total. The van der Waals surface area contributed by atoms with Gasteiger partial charge in [0, 0.05) is 65.8 Å². The average Bonchev–Trinajstić information content (AvgIpc) is 4.28. The Morgan fingerprint density at radius 1 is 0.630 bits per heavy atom. The molecule has 12 rings (SSSR count). The Balaban J connectivity index is 0.659. The lowest BCUT2D eigenvalue weighted by Crippen LogP contribution is -2.07. The second-order valence-electron chi connectivity index (χ2n) is 19.6. The van der Waals surface area contributed by atoms with Crippen LogP contribution >= 0.6 is 0 Å². The number of H-pyrrole nitrogens is 2. The minimum absolute atomic E-state index is 0.290. The molecule has 3 N–H and O–H groups in total. The van der Waals surface area contributed by atoms with Crippen molar-refractivity contribution < 1.29 is 31.4 Å². The molecule has 10 aromatic rings. The van der Waals surface area contributed by atoms with Crippen LogP contribution in [0.25, 0.3) is 66.1 Å². The molecular formula is C56H54N8O7S2. The molecule has 0 bridgehead atoms. The van der Waals surface area contributed by atoms with Crippen molar-refractivity contribution in [2.75, 3.05) is 13.2 Å². The zero-order valence-electron chi connectivity index (χ0n) is 40.5. The van der Waals surface area contributed by atoms with Crippen LogP contribution in [0.4, 0.5) is 0 Å². The Bertz CT molecular complexity index is 3980. The van der Waals surface area contributed by atoms with Crippen LogP contribution in [0.1, 0.15) is 67.1 Å². The minimum Gasteiger partial charge on any atom is -0.491 e. The van der Waals surface area contributed by atoms with Gasteiger partial charge in [-0.3, -0.25) is 0 Å². The number of hydrogen-bond acceptors (Lipinski definition) is 11. The van der Waals surface area contributed by atoms with E-state index in [0.717, 1.165) is 82.9 Å². The molecule has 0 radical (unpaired) electrons. The van der Waals surface area contributed by atoms with Crippen LogP contribution in [0.15, 0.2) is 132 Å². The molecule has 2 aliphatic carbocycles. The molecule has 372 valence electrons. The number of aromatic amines is 2. The maximum Gasteiger partial charge on any atom is 0.181 e. The zero-order valence-corrected chi connectivity index (χ0v) is 42.1. The molecule has 2 aliphatic rings. The highest BCUT2D eigenvalue weighted by Crippen LogP contribution is 2.43. The van der Waals surface area contributed by atoms with Crippen LogP contribution in [0.5, 0.6) is 11.5 Å². The van der Waals surface area contributed by atoms with Gasteiger partial charge in [-0.15, -0.1) is 0 Å². The highest BCUT2D eigenvalue weighted by atomic mass is 32.2. The molecule has 2 saturated carbocycles. The van der Waals surface area contributed by atoms with E-state index in [2.05, 4.69) is 42.0 Å². The van der Waals surface area contributed by atoms with Gasteiger partial charge in [0.05, 0.1) is 68.6 Å². The number of hydrogen-bond donors (Lipinski definition) is 3. The van der Waals surface area contributed by atoms with Crippen molar-refractivity contribution in [1.82, 2.24) is 39.0 Å². The van der Waals surface area contributed by atoms with Gasteiger partial charge in [0.25, 0.3) is 0 Å². The van der Waals surface area contributed by atoms with Gasteiger partial charge in [0.15, 0.2) is 19.7 Å². The molecule has 0 aliphatic heterocycles. The number of fused-ring (bicyclic) bond motifs is 6. The third-order valence-corrected chi connectivity index (χ3v) is 18.5. The first-order valence-corrected chi connectivity index (χ1v) is 27.9. The number of aliphatic hydroxyl groups is 1. The molecule has 0 spiro atoms. The van der Waals surface area contributed by atoms with Crippen LogP contribution in [0.3, 0.4) is 0 Å². The third-order valence-electron chi connectivity index (χ3n) is 14.0. The van der Waals surface area contributed by atoms with E-state index >= 15 is 0 Å². The fourth-order valence-corrected chi connectivity index (χ4v) is 13.3. The molecular weight excluding hydrogens is 961 g/mol. The fraction of sp³-hybridized carbons (Fsp3) is 0.286. The quantitative estimate of drug-likeness (QED) is 0.0651. The summed E-state index contributed by atoms with van der Waals surface area (Å²) in [6.45, 7) is 6.15. The molecule has 2 fully saturated rings. The number of benzene rings is 4. The first kappa shape index (κ1) is 46.7. The lowest BCUT2D eigenvalue weighted by molar-refractivity contribution is 0.173. The molecule has 6 heterocycles. The van der Waals surface area contributed by atoms with Gasteiger partial charge in [0.1, 0.15) is 28.9 Å². The number of ether oxygens (including phenoxy) is 2. The van der Waals surface area contributed by atoms with E-state index < -0.39 is 25.8 Å². The van der Waals surface area contributed by atoms with E-state index in [0.29, 0.717) is 98.2 Å². The topological polar surface area (TPSA) is 200 Å². The summed E-state index contributed by atoms with van der Waals surface area (Å²) in [6, 6.07) is 26.5. The highest BCUT2D eigenvalue weighted by Gasteiger charge is 2.38. The number of pyridine rings is 2. The van der Waals surface area contributed by atoms with Gasteiger partial charge in [0.2, 0.25) is 0 Å². The van der Waals surface area contributed by atoms with Crippen LogP contribution in [0, 0.1) is 13.8 Å². The van der Waals surface area contributed by atoms with E-state index in [1.54, 1.807) is 36.9 Å². The fourth-order valence-electron chi connectivity index (χ4n) is 9.94. The van der Waals surface area contributed by atoms with E-state index in [-0.39, 0.29) is 10.5 Å². The summed E-state index contributed by atoms with van der Waals surface area (Å²) in [5, 5.41) is 14.4. The molecule has 0 saturated heterocycles. The second-order valence-corrected chi connectivity index (χ2v) is 24.1. The predicted octanol–water partition coefficient (Wildman–Crippen LogP) is 10.2. The number of imidazole rings is 2. The van der Waals surface area contributed by atoms with E-state index in [4.69, 9.17) is 9.47 Å². The molecule has 6 aromatic heterocycles. The minimum atomic E-state index is -3.36. The number of aromatic nitrogens is 8. The lowest BCUT2D eigenvalue weighted by atomic mass is 9.99. The Labute approximate surface area is 422 Å². The SMILES string of the molecule is Cc1cnc2[nH]c3c(OCCCn4cnc(CC(O)c5cn(CCCOc6ccc(-c7cccc(S(=O)(=O)C8CC8)c7)c7c6[nH]c6ncc(C)cc67)cn5)c4)ccc(-c4cccc(S(=O)(=O)C5CC5)c4)c3c2c1. The van der Waals surface area contributed by atoms with Gasteiger partial charge in [-0.1, -0.05) is 24.3 Å². The summed E-state index contributed by atoms with van der Waals surface area (Å²) in [5.41, 5.74) is 9.87. The maximum atomic E-state index is 13.2. The Hall–Kier alpha value is -7.34.